The van der Waals surface area contributed by atoms with Gasteiger partial charge in [0.25, 0.3) is 0 Å². The van der Waals surface area contributed by atoms with E-state index in [1.165, 1.54) is 0 Å². The van der Waals surface area contributed by atoms with Crippen molar-refractivity contribution in [2.24, 2.45) is 0 Å². The summed E-state index contributed by atoms with van der Waals surface area (Å²) in [6.45, 7) is 23.6. The molecular weight excluding hydrogens is 392 g/mol. The summed E-state index contributed by atoms with van der Waals surface area (Å²) < 4.78 is 0. The van der Waals surface area contributed by atoms with Gasteiger partial charge in [-0.05, 0) is 55.4 Å². The molecule has 0 aliphatic carbocycles. The summed E-state index contributed by atoms with van der Waals surface area (Å²) in [5.74, 6) is 26.8. The Labute approximate surface area is 199 Å². The largest absolute Gasteiger partial charge is 0.279 e. The average Bonchev–Trinajstić information content (AvgIpc) is 2.71. The Kier molecular flexibility index (Phi) is 13.9. The maximum absolute atomic E-state index is 3.35. The van der Waals surface area contributed by atoms with Gasteiger partial charge in [-0.25, -0.2) is 0 Å². The van der Waals surface area contributed by atoms with E-state index in [2.05, 4.69) is 122 Å². The van der Waals surface area contributed by atoms with Crippen molar-refractivity contribution in [3.05, 3.63) is 0 Å². The lowest BCUT2D eigenvalue weighted by atomic mass is 10.2. The first-order chi connectivity index (χ1) is 15.2. The molecule has 0 aromatic carbocycles. The predicted molar refractivity (Wildman–Crippen MR) is 138 cm³/mol. The highest BCUT2D eigenvalue weighted by atomic mass is 15.2. The van der Waals surface area contributed by atoms with Gasteiger partial charge in [0.1, 0.15) is 0 Å². The van der Waals surface area contributed by atoms with Gasteiger partial charge < -0.3 is 0 Å². The fourth-order valence-corrected chi connectivity index (χ4v) is 2.94. The molecule has 1 heterocycles. The van der Waals surface area contributed by atoms with Crippen LogP contribution in [0.3, 0.4) is 0 Å². The van der Waals surface area contributed by atoms with Gasteiger partial charge in [-0.1, -0.05) is 47.4 Å². The van der Waals surface area contributed by atoms with E-state index in [1.807, 2.05) is 0 Å². The summed E-state index contributed by atoms with van der Waals surface area (Å²) in [6.07, 6.45) is 0. The van der Waals surface area contributed by atoms with Crippen LogP contribution in [0.1, 0.15) is 55.4 Å². The van der Waals surface area contributed by atoms with Gasteiger partial charge in [0, 0.05) is 24.2 Å². The second-order valence-corrected chi connectivity index (χ2v) is 9.41. The SMILES string of the molecule is CC(C)N1CC#CCN(C(C)C)CC#CCN(C(C)C)CC#CCN(C(C)C)CC#CC1. The van der Waals surface area contributed by atoms with Crippen molar-refractivity contribution in [1.82, 2.24) is 19.6 Å². The van der Waals surface area contributed by atoms with E-state index in [4.69, 9.17) is 0 Å². The summed E-state index contributed by atoms with van der Waals surface area (Å²) in [4.78, 5) is 9.27. The molecule has 1 aliphatic rings. The molecular formula is C28H44N4. The molecule has 0 radical (unpaired) electrons. The Hall–Kier alpha value is -1.92. The summed E-state index contributed by atoms with van der Waals surface area (Å²) in [5, 5.41) is 0. The van der Waals surface area contributed by atoms with Gasteiger partial charge in [-0.15, -0.1) is 0 Å². The van der Waals surface area contributed by atoms with E-state index in [-0.39, 0.29) is 0 Å². The van der Waals surface area contributed by atoms with Gasteiger partial charge in [0.15, 0.2) is 0 Å². The zero-order chi connectivity index (χ0) is 23.9. The lowest BCUT2D eigenvalue weighted by molar-refractivity contribution is 0.272. The van der Waals surface area contributed by atoms with Gasteiger partial charge in [0.2, 0.25) is 0 Å². The highest BCUT2D eigenvalue weighted by molar-refractivity contribution is 5.12. The summed E-state index contributed by atoms with van der Waals surface area (Å²) in [7, 11) is 0. The molecule has 0 N–H and O–H groups in total. The van der Waals surface area contributed by atoms with Crippen LogP contribution in [0.4, 0.5) is 0 Å². The smallest absolute Gasteiger partial charge is 0.0613 e. The standard InChI is InChI=1S/C28H44N4/c1-25(2)29-17-9-11-19-30(26(3)4)21-13-15-23-32(28(7)8)24-16-14-22-31(27(5)6)20-12-10-18-29/h25-28H,17-24H2,1-8H3. The quantitative estimate of drug-likeness (QED) is 0.628. The topological polar surface area (TPSA) is 13.0 Å². The maximum atomic E-state index is 3.35. The minimum atomic E-state index is 0.416. The third kappa shape index (κ3) is 11.6. The molecule has 176 valence electrons. The monoisotopic (exact) mass is 436 g/mol. The van der Waals surface area contributed by atoms with Crippen LogP contribution >= 0.6 is 0 Å². The molecule has 0 bridgehead atoms. The van der Waals surface area contributed by atoms with Gasteiger partial charge in [-0.2, -0.15) is 0 Å². The molecule has 0 aromatic rings. The second-order valence-electron chi connectivity index (χ2n) is 9.41. The van der Waals surface area contributed by atoms with E-state index in [1.54, 1.807) is 0 Å². The van der Waals surface area contributed by atoms with Crippen molar-refractivity contribution in [3.63, 3.8) is 0 Å². The lowest BCUT2D eigenvalue weighted by Gasteiger charge is -2.23. The summed E-state index contributed by atoms with van der Waals surface area (Å²) in [6, 6.07) is 1.66. The minimum absolute atomic E-state index is 0.416. The Bertz CT molecular complexity index is 604. The van der Waals surface area contributed by atoms with Crippen molar-refractivity contribution >= 4 is 0 Å². The maximum Gasteiger partial charge on any atom is 0.0613 e. The zero-order valence-corrected chi connectivity index (χ0v) is 21.8. The molecule has 0 atom stereocenters. The Morgan fingerprint density at radius 1 is 0.312 bits per heavy atom. The predicted octanol–water partition coefficient (Wildman–Crippen LogP) is 2.86. The Balaban J connectivity index is 3.03. The van der Waals surface area contributed by atoms with E-state index in [0.29, 0.717) is 24.2 Å². The first-order valence-electron chi connectivity index (χ1n) is 12.0. The summed E-state index contributed by atoms with van der Waals surface area (Å²) >= 11 is 0. The first-order valence-corrected chi connectivity index (χ1v) is 12.0. The molecule has 32 heavy (non-hydrogen) atoms. The van der Waals surface area contributed by atoms with Gasteiger partial charge in [0.05, 0.1) is 52.4 Å². The van der Waals surface area contributed by atoms with E-state index in [9.17, 15) is 0 Å². The molecule has 0 spiro atoms. The molecule has 0 unspecified atom stereocenters. The number of hydrogen-bond donors (Lipinski definition) is 0. The fraction of sp³-hybridized carbons (Fsp3) is 0.714. The molecule has 4 heteroatoms. The Morgan fingerprint density at radius 3 is 0.531 bits per heavy atom. The Morgan fingerprint density at radius 2 is 0.438 bits per heavy atom. The molecule has 0 fully saturated rings. The highest BCUT2D eigenvalue weighted by Crippen LogP contribution is 2.00. The van der Waals surface area contributed by atoms with Crippen molar-refractivity contribution < 1.29 is 0 Å². The molecule has 0 saturated heterocycles. The minimum Gasteiger partial charge on any atom is -0.279 e. The average molecular weight is 437 g/mol. The number of rotatable bonds is 4. The highest BCUT2D eigenvalue weighted by Gasteiger charge is 2.09. The molecule has 0 amide bonds. The van der Waals surface area contributed by atoms with Crippen molar-refractivity contribution in [3.8, 4) is 47.4 Å². The van der Waals surface area contributed by atoms with Crippen LogP contribution in [0.2, 0.25) is 0 Å². The first kappa shape index (κ1) is 28.1. The number of nitrogens with zero attached hydrogens (tertiary/aromatic N) is 4. The van der Waals surface area contributed by atoms with Crippen molar-refractivity contribution in [2.45, 2.75) is 79.6 Å². The van der Waals surface area contributed by atoms with E-state index in [0.717, 1.165) is 52.4 Å². The number of hydrogen-bond acceptors (Lipinski definition) is 4. The third-order valence-corrected chi connectivity index (χ3v) is 5.68. The second kappa shape index (κ2) is 15.8. The normalized spacial score (nSPS) is 18.9. The molecule has 1 aliphatic heterocycles. The molecule has 4 nitrogen and oxygen atoms in total. The third-order valence-electron chi connectivity index (χ3n) is 5.68. The molecule has 0 saturated carbocycles. The van der Waals surface area contributed by atoms with Crippen LogP contribution < -0.4 is 0 Å². The summed E-state index contributed by atoms with van der Waals surface area (Å²) in [5.41, 5.74) is 0. The molecule has 1 rings (SSSR count). The van der Waals surface area contributed by atoms with Crippen LogP contribution in [0.15, 0.2) is 0 Å². The van der Waals surface area contributed by atoms with Crippen LogP contribution in [-0.2, 0) is 0 Å². The van der Waals surface area contributed by atoms with Crippen LogP contribution in [0, 0.1) is 47.4 Å². The van der Waals surface area contributed by atoms with Gasteiger partial charge >= 0.3 is 0 Å². The van der Waals surface area contributed by atoms with E-state index >= 15 is 0 Å². The van der Waals surface area contributed by atoms with Crippen LogP contribution in [0.5, 0.6) is 0 Å². The lowest BCUT2D eigenvalue weighted by Crippen LogP contribution is -2.34. The fourth-order valence-electron chi connectivity index (χ4n) is 2.94. The van der Waals surface area contributed by atoms with Crippen LogP contribution in [0.25, 0.3) is 0 Å². The van der Waals surface area contributed by atoms with Crippen molar-refractivity contribution in [2.75, 3.05) is 52.4 Å². The zero-order valence-electron chi connectivity index (χ0n) is 21.8. The van der Waals surface area contributed by atoms with Crippen molar-refractivity contribution in [1.29, 1.82) is 0 Å². The van der Waals surface area contributed by atoms with E-state index < -0.39 is 0 Å². The van der Waals surface area contributed by atoms with Crippen LogP contribution in [-0.4, -0.2) is 96.1 Å². The molecule has 0 aromatic heterocycles. The van der Waals surface area contributed by atoms with Gasteiger partial charge in [-0.3, -0.25) is 19.6 Å².